The fourth-order valence-electron chi connectivity index (χ4n) is 3.02. The fourth-order valence-corrected chi connectivity index (χ4v) is 4.04. The van der Waals surface area contributed by atoms with Crippen LogP contribution in [0.5, 0.6) is 5.75 Å². The summed E-state index contributed by atoms with van der Waals surface area (Å²) >= 11 is 7.29. The van der Waals surface area contributed by atoms with Crippen LogP contribution in [0.1, 0.15) is 20.9 Å². The first-order valence-electron chi connectivity index (χ1n) is 9.44. The molecule has 5 nitrogen and oxygen atoms in total. The number of rotatable bonds is 6. The van der Waals surface area contributed by atoms with Crippen molar-refractivity contribution >= 4 is 45.0 Å². The molecule has 9 heteroatoms. The topological polar surface area (TPSA) is 68.3 Å². The van der Waals surface area contributed by atoms with E-state index < -0.39 is 29.0 Å². The minimum Gasteiger partial charge on any atom is -0.483 e. The maximum Gasteiger partial charge on any atom is 0.263 e. The van der Waals surface area contributed by atoms with Gasteiger partial charge in [0.1, 0.15) is 23.0 Å². The number of imide groups is 1. The van der Waals surface area contributed by atoms with Crippen molar-refractivity contribution in [3.63, 3.8) is 0 Å². The number of hydrogen-bond acceptors (Lipinski definition) is 5. The second-order valence-electron chi connectivity index (χ2n) is 6.78. The third kappa shape index (κ3) is 4.92. The highest BCUT2D eigenvalue weighted by Crippen LogP contribution is 2.28. The van der Waals surface area contributed by atoms with Crippen molar-refractivity contribution in [1.29, 1.82) is 0 Å². The molecule has 0 bridgehead atoms. The highest BCUT2D eigenvalue weighted by atomic mass is 35.5. The largest absolute Gasteiger partial charge is 0.483 e. The van der Waals surface area contributed by atoms with Gasteiger partial charge in [0.2, 0.25) is 5.91 Å². The third-order valence-corrected chi connectivity index (χ3v) is 5.73. The van der Waals surface area contributed by atoms with E-state index in [1.165, 1.54) is 11.3 Å². The summed E-state index contributed by atoms with van der Waals surface area (Å²) in [4.78, 5) is 28.8. The molecule has 0 spiro atoms. The van der Waals surface area contributed by atoms with Crippen LogP contribution < -0.4 is 10.1 Å². The van der Waals surface area contributed by atoms with Gasteiger partial charge in [-0.3, -0.25) is 14.9 Å². The molecule has 3 aromatic carbocycles. The molecule has 0 aliphatic carbocycles. The van der Waals surface area contributed by atoms with E-state index in [0.717, 1.165) is 16.8 Å². The first kappa shape index (κ1) is 21.9. The lowest BCUT2D eigenvalue weighted by atomic mass is 10.1. The summed E-state index contributed by atoms with van der Waals surface area (Å²) in [6, 6.07) is 15.9. The molecule has 0 unspecified atom stereocenters. The Hall–Kier alpha value is -3.36. The van der Waals surface area contributed by atoms with Crippen molar-refractivity contribution in [2.24, 2.45) is 0 Å². The van der Waals surface area contributed by atoms with Gasteiger partial charge in [-0.2, -0.15) is 0 Å². The summed E-state index contributed by atoms with van der Waals surface area (Å²) in [7, 11) is 0. The van der Waals surface area contributed by atoms with E-state index in [4.69, 9.17) is 16.3 Å². The summed E-state index contributed by atoms with van der Waals surface area (Å²) in [6.45, 7) is -0.0898. The molecule has 0 saturated carbocycles. The second kappa shape index (κ2) is 9.42. The number of amides is 2. The molecule has 1 N–H and O–H groups in total. The van der Waals surface area contributed by atoms with E-state index in [9.17, 15) is 18.4 Å². The summed E-state index contributed by atoms with van der Waals surface area (Å²) in [5, 5.41) is 3.10. The highest BCUT2D eigenvalue weighted by molar-refractivity contribution is 7.18. The Bertz CT molecular complexity index is 1310. The standard InChI is InChI=1S/C23H15ClF2N2O3S/c24-14-6-9-18-16(11-14)27-20(32-18)12-31-17-8-7-15(25)21(22(17)26)23(30)28-19(29)10-13-4-2-1-3-5-13/h1-9,11H,10,12H2,(H,28,29,30). The van der Waals surface area contributed by atoms with Crippen molar-refractivity contribution in [1.82, 2.24) is 10.3 Å². The maximum absolute atomic E-state index is 14.8. The summed E-state index contributed by atoms with van der Waals surface area (Å²) in [6.07, 6.45) is -0.104. The van der Waals surface area contributed by atoms with Gasteiger partial charge in [0, 0.05) is 5.02 Å². The SMILES string of the molecule is O=C(Cc1ccccc1)NC(=O)c1c(F)ccc(OCc2nc3cc(Cl)ccc3s2)c1F. The molecule has 0 aliphatic rings. The fraction of sp³-hybridized carbons (Fsp3) is 0.0870. The molecule has 32 heavy (non-hydrogen) atoms. The number of nitrogens with one attached hydrogen (secondary N) is 1. The molecule has 1 heterocycles. The van der Waals surface area contributed by atoms with Crippen molar-refractivity contribution in [2.45, 2.75) is 13.0 Å². The van der Waals surface area contributed by atoms with Crippen LogP contribution in [0, 0.1) is 11.6 Å². The van der Waals surface area contributed by atoms with Crippen LogP contribution in [0.3, 0.4) is 0 Å². The first-order chi connectivity index (χ1) is 15.4. The van der Waals surface area contributed by atoms with Crippen LogP contribution in [-0.4, -0.2) is 16.8 Å². The van der Waals surface area contributed by atoms with E-state index in [0.29, 0.717) is 21.1 Å². The van der Waals surface area contributed by atoms with Crippen LogP contribution in [0.2, 0.25) is 5.02 Å². The van der Waals surface area contributed by atoms with Gasteiger partial charge in [-0.1, -0.05) is 41.9 Å². The van der Waals surface area contributed by atoms with Gasteiger partial charge >= 0.3 is 0 Å². The average Bonchev–Trinajstić information content (AvgIpc) is 3.15. The number of fused-ring (bicyclic) bond motifs is 1. The van der Waals surface area contributed by atoms with Gasteiger partial charge in [-0.05, 0) is 35.9 Å². The molecular formula is C23H15ClF2N2O3S. The Kier molecular flexibility index (Phi) is 6.43. The number of ether oxygens (including phenoxy) is 1. The number of nitrogens with zero attached hydrogens (tertiary/aromatic N) is 1. The molecular weight excluding hydrogens is 458 g/mol. The highest BCUT2D eigenvalue weighted by Gasteiger charge is 2.23. The smallest absolute Gasteiger partial charge is 0.263 e. The predicted molar refractivity (Wildman–Crippen MR) is 118 cm³/mol. The van der Waals surface area contributed by atoms with Gasteiger partial charge in [-0.15, -0.1) is 11.3 Å². The molecule has 162 valence electrons. The van der Waals surface area contributed by atoms with E-state index in [1.807, 2.05) is 11.4 Å². The molecule has 2 amide bonds. The van der Waals surface area contributed by atoms with E-state index in [1.54, 1.807) is 42.5 Å². The Balaban J connectivity index is 1.47. The zero-order valence-electron chi connectivity index (χ0n) is 16.4. The lowest BCUT2D eigenvalue weighted by Crippen LogP contribution is -2.33. The van der Waals surface area contributed by atoms with E-state index >= 15 is 0 Å². The lowest BCUT2D eigenvalue weighted by Gasteiger charge is -2.10. The average molecular weight is 473 g/mol. The number of carbonyl (C=O) groups excluding carboxylic acids is 2. The predicted octanol–water partition coefficient (Wildman–Crippen LogP) is 5.31. The molecule has 0 saturated heterocycles. The van der Waals surface area contributed by atoms with Crippen LogP contribution in [0.4, 0.5) is 8.78 Å². The number of thiazole rings is 1. The monoisotopic (exact) mass is 472 g/mol. The van der Waals surface area contributed by atoms with Crippen LogP contribution in [0.25, 0.3) is 10.2 Å². The van der Waals surface area contributed by atoms with Crippen molar-refractivity contribution in [2.75, 3.05) is 0 Å². The number of hydrogen-bond donors (Lipinski definition) is 1. The maximum atomic E-state index is 14.8. The Morgan fingerprint density at radius 3 is 2.62 bits per heavy atom. The molecule has 0 aliphatic heterocycles. The third-order valence-electron chi connectivity index (χ3n) is 4.49. The lowest BCUT2D eigenvalue weighted by molar-refractivity contribution is -0.119. The van der Waals surface area contributed by atoms with Crippen LogP contribution in [-0.2, 0) is 17.8 Å². The van der Waals surface area contributed by atoms with Crippen molar-refractivity contribution in [3.8, 4) is 5.75 Å². The molecule has 0 radical (unpaired) electrons. The number of carbonyl (C=O) groups is 2. The minimum atomic E-state index is -1.20. The number of benzene rings is 3. The Labute approximate surface area is 190 Å². The van der Waals surface area contributed by atoms with Gasteiger partial charge in [0.25, 0.3) is 5.91 Å². The minimum absolute atomic E-state index is 0.0898. The quantitative estimate of drug-likeness (QED) is 0.413. The van der Waals surface area contributed by atoms with Crippen molar-refractivity contribution in [3.05, 3.63) is 93.5 Å². The number of halogens is 3. The first-order valence-corrected chi connectivity index (χ1v) is 10.6. The second-order valence-corrected chi connectivity index (χ2v) is 8.33. The molecule has 0 fully saturated rings. The zero-order valence-corrected chi connectivity index (χ0v) is 18.0. The zero-order chi connectivity index (χ0) is 22.7. The van der Waals surface area contributed by atoms with Crippen LogP contribution in [0.15, 0.2) is 60.7 Å². The Morgan fingerprint density at radius 2 is 1.84 bits per heavy atom. The summed E-state index contributed by atoms with van der Waals surface area (Å²) in [5.41, 5.74) is 0.450. The summed E-state index contributed by atoms with van der Waals surface area (Å²) < 4.78 is 35.4. The van der Waals surface area contributed by atoms with Gasteiger partial charge in [0.15, 0.2) is 11.6 Å². The molecule has 4 aromatic rings. The van der Waals surface area contributed by atoms with Gasteiger partial charge < -0.3 is 4.74 Å². The van der Waals surface area contributed by atoms with E-state index in [-0.39, 0.29) is 18.8 Å². The normalized spacial score (nSPS) is 10.8. The van der Waals surface area contributed by atoms with Crippen molar-refractivity contribution < 1.29 is 23.1 Å². The van der Waals surface area contributed by atoms with Crippen LogP contribution >= 0.6 is 22.9 Å². The molecule has 0 atom stereocenters. The summed E-state index contributed by atoms with van der Waals surface area (Å²) in [5.74, 6) is -4.49. The van der Waals surface area contributed by atoms with Gasteiger partial charge in [-0.25, -0.2) is 13.8 Å². The molecule has 4 rings (SSSR count). The Morgan fingerprint density at radius 1 is 1.06 bits per heavy atom. The molecule has 1 aromatic heterocycles. The van der Waals surface area contributed by atoms with Gasteiger partial charge in [0.05, 0.1) is 16.6 Å². The number of aromatic nitrogens is 1. The van der Waals surface area contributed by atoms with E-state index in [2.05, 4.69) is 4.98 Å².